The molecule has 17 heavy (non-hydrogen) atoms. The smallest absolute Gasteiger partial charge is 0.225 e. The van der Waals surface area contributed by atoms with Gasteiger partial charge < -0.3 is 11.1 Å². The Kier molecular flexibility index (Phi) is 5.69. The molecule has 1 rings (SSSR count). The van der Waals surface area contributed by atoms with Crippen molar-refractivity contribution in [2.45, 2.75) is 39.0 Å². The minimum Gasteiger partial charge on any atom is -0.330 e. The summed E-state index contributed by atoms with van der Waals surface area (Å²) in [5, 5.41) is 6.97. The van der Waals surface area contributed by atoms with Gasteiger partial charge in [0, 0.05) is 25.2 Å². The minimum atomic E-state index is 0.0378. The highest BCUT2D eigenvalue weighted by Crippen LogP contribution is 2.08. The lowest BCUT2D eigenvalue weighted by atomic mass is 10.1. The molecular formula is C12H22N4O. The molecule has 0 aliphatic rings. The molecule has 5 nitrogen and oxygen atoms in total. The Morgan fingerprint density at radius 1 is 1.41 bits per heavy atom. The van der Waals surface area contributed by atoms with Crippen molar-refractivity contribution >= 4 is 11.7 Å². The Morgan fingerprint density at radius 2 is 2.12 bits per heavy atom. The predicted molar refractivity (Wildman–Crippen MR) is 68.7 cm³/mol. The number of carbonyl (C=O) groups excluding carboxylic acids is 1. The number of nitrogens with one attached hydrogen (secondary N) is 1. The molecule has 1 amide bonds. The number of aryl methyl sites for hydroxylation is 2. The van der Waals surface area contributed by atoms with E-state index in [0.29, 0.717) is 12.2 Å². The normalized spacial score (nSPS) is 10.5. The van der Waals surface area contributed by atoms with Crippen molar-refractivity contribution in [1.82, 2.24) is 9.78 Å². The summed E-state index contributed by atoms with van der Waals surface area (Å²) >= 11 is 0. The van der Waals surface area contributed by atoms with Crippen molar-refractivity contribution in [3.05, 3.63) is 11.8 Å². The maximum atomic E-state index is 11.6. The predicted octanol–water partition coefficient (Wildman–Crippen LogP) is 1.58. The van der Waals surface area contributed by atoms with Crippen LogP contribution in [0.2, 0.25) is 0 Å². The summed E-state index contributed by atoms with van der Waals surface area (Å²) in [5.41, 5.74) is 6.43. The van der Waals surface area contributed by atoms with Crippen LogP contribution in [-0.4, -0.2) is 22.2 Å². The lowest BCUT2D eigenvalue weighted by molar-refractivity contribution is -0.116. The molecule has 1 heterocycles. The molecule has 3 N–H and O–H groups in total. The van der Waals surface area contributed by atoms with Gasteiger partial charge in [0.25, 0.3) is 0 Å². The van der Waals surface area contributed by atoms with Gasteiger partial charge in [0.05, 0.1) is 0 Å². The van der Waals surface area contributed by atoms with Crippen LogP contribution < -0.4 is 11.1 Å². The average molecular weight is 238 g/mol. The number of hydrogen-bond donors (Lipinski definition) is 2. The minimum absolute atomic E-state index is 0.0378. The zero-order valence-corrected chi connectivity index (χ0v) is 10.7. The highest BCUT2D eigenvalue weighted by atomic mass is 16.1. The number of hydrogen-bond acceptors (Lipinski definition) is 3. The van der Waals surface area contributed by atoms with E-state index in [0.717, 1.165) is 37.9 Å². The first kappa shape index (κ1) is 13.7. The van der Waals surface area contributed by atoms with Gasteiger partial charge in [-0.1, -0.05) is 12.8 Å². The number of nitrogens with zero attached hydrogens (tertiary/aromatic N) is 2. The van der Waals surface area contributed by atoms with E-state index >= 15 is 0 Å². The topological polar surface area (TPSA) is 72.9 Å². The highest BCUT2D eigenvalue weighted by Gasteiger charge is 2.05. The average Bonchev–Trinajstić information content (AvgIpc) is 2.57. The van der Waals surface area contributed by atoms with Gasteiger partial charge in [0.15, 0.2) is 5.82 Å². The fourth-order valence-corrected chi connectivity index (χ4v) is 1.61. The van der Waals surface area contributed by atoms with Crippen molar-refractivity contribution in [3.8, 4) is 0 Å². The van der Waals surface area contributed by atoms with Gasteiger partial charge in [-0.15, -0.1) is 0 Å². The van der Waals surface area contributed by atoms with Crippen LogP contribution in [-0.2, 0) is 11.8 Å². The van der Waals surface area contributed by atoms with Crippen LogP contribution in [0, 0.1) is 6.92 Å². The molecular weight excluding hydrogens is 216 g/mol. The summed E-state index contributed by atoms with van der Waals surface area (Å²) in [7, 11) is 1.86. The van der Waals surface area contributed by atoms with E-state index in [1.165, 1.54) is 0 Å². The molecule has 0 spiro atoms. The summed E-state index contributed by atoms with van der Waals surface area (Å²) < 4.78 is 1.75. The quantitative estimate of drug-likeness (QED) is 0.708. The van der Waals surface area contributed by atoms with Crippen LogP contribution in [0.25, 0.3) is 0 Å². The summed E-state index contributed by atoms with van der Waals surface area (Å²) in [4.78, 5) is 11.6. The molecule has 0 aliphatic heterocycles. The van der Waals surface area contributed by atoms with Crippen molar-refractivity contribution < 1.29 is 4.79 Å². The van der Waals surface area contributed by atoms with Crippen LogP contribution in [0.15, 0.2) is 6.07 Å². The van der Waals surface area contributed by atoms with Crippen LogP contribution in [0.5, 0.6) is 0 Å². The molecule has 5 heteroatoms. The molecule has 1 aromatic rings. The Bertz CT molecular complexity index is 340. The van der Waals surface area contributed by atoms with Crippen LogP contribution >= 0.6 is 0 Å². The fourth-order valence-electron chi connectivity index (χ4n) is 1.61. The molecule has 0 unspecified atom stereocenters. The Labute approximate surface area is 102 Å². The summed E-state index contributed by atoms with van der Waals surface area (Å²) in [6.07, 6.45) is 4.68. The van der Waals surface area contributed by atoms with Crippen LogP contribution in [0.4, 0.5) is 5.82 Å². The Hall–Kier alpha value is -1.36. The molecule has 1 aromatic heterocycles. The summed E-state index contributed by atoms with van der Waals surface area (Å²) in [6.45, 7) is 2.69. The SMILES string of the molecule is Cc1cc(NC(=O)CCCCCCN)nn1C. The lowest BCUT2D eigenvalue weighted by Gasteiger charge is -2.01. The number of nitrogens with two attached hydrogens (primary N) is 1. The number of unbranched alkanes of at least 4 members (excludes halogenated alkanes) is 3. The maximum Gasteiger partial charge on any atom is 0.225 e. The van der Waals surface area contributed by atoms with Gasteiger partial charge in [0.2, 0.25) is 5.91 Å². The Morgan fingerprint density at radius 3 is 2.71 bits per heavy atom. The van der Waals surface area contributed by atoms with Gasteiger partial charge in [-0.05, 0) is 26.3 Å². The van der Waals surface area contributed by atoms with E-state index in [9.17, 15) is 4.79 Å². The fraction of sp³-hybridized carbons (Fsp3) is 0.667. The third-order valence-corrected chi connectivity index (χ3v) is 2.74. The molecule has 0 saturated carbocycles. The number of amides is 1. The van der Waals surface area contributed by atoms with E-state index in [1.807, 2.05) is 20.0 Å². The molecule has 0 aromatic carbocycles. The second-order valence-corrected chi connectivity index (χ2v) is 4.30. The van der Waals surface area contributed by atoms with Gasteiger partial charge in [0.1, 0.15) is 0 Å². The van der Waals surface area contributed by atoms with Crippen molar-refractivity contribution in [1.29, 1.82) is 0 Å². The zero-order chi connectivity index (χ0) is 12.7. The van der Waals surface area contributed by atoms with Gasteiger partial charge >= 0.3 is 0 Å². The van der Waals surface area contributed by atoms with Crippen molar-refractivity contribution in [2.24, 2.45) is 12.8 Å². The van der Waals surface area contributed by atoms with Crippen LogP contribution in [0.3, 0.4) is 0 Å². The van der Waals surface area contributed by atoms with Crippen molar-refractivity contribution in [2.75, 3.05) is 11.9 Å². The first-order valence-corrected chi connectivity index (χ1v) is 6.14. The number of carbonyl (C=O) groups is 1. The molecule has 0 aliphatic carbocycles. The standard InChI is InChI=1S/C12H22N4O/c1-10-9-11(15-16(10)2)14-12(17)7-5-3-4-6-8-13/h9H,3-8,13H2,1-2H3,(H,14,15,17). The van der Waals surface area contributed by atoms with Gasteiger partial charge in [-0.3, -0.25) is 9.48 Å². The van der Waals surface area contributed by atoms with E-state index < -0.39 is 0 Å². The molecule has 0 bridgehead atoms. The van der Waals surface area contributed by atoms with Crippen LogP contribution in [0.1, 0.15) is 37.8 Å². The molecule has 0 atom stereocenters. The molecule has 0 saturated heterocycles. The number of anilines is 1. The van der Waals surface area contributed by atoms with Gasteiger partial charge in [-0.2, -0.15) is 5.10 Å². The number of rotatable bonds is 7. The molecule has 0 radical (unpaired) electrons. The Balaban J connectivity index is 2.21. The highest BCUT2D eigenvalue weighted by molar-refractivity contribution is 5.89. The van der Waals surface area contributed by atoms with Crippen molar-refractivity contribution in [3.63, 3.8) is 0 Å². The maximum absolute atomic E-state index is 11.6. The second-order valence-electron chi connectivity index (χ2n) is 4.30. The molecule has 96 valence electrons. The van der Waals surface area contributed by atoms with E-state index in [1.54, 1.807) is 4.68 Å². The third-order valence-electron chi connectivity index (χ3n) is 2.74. The third kappa shape index (κ3) is 4.99. The lowest BCUT2D eigenvalue weighted by Crippen LogP contribution is -2.11. The van der Waals surface area contributed by atoms with E-state index in [2.05, 4.69) is 10.4 Å². The van der Waals surface area contributed by atoms with Gasteiger partial charge in [-0.25, -0.2) is 0 Å². The number of aromatic nitrogens is 2. The zero-order valence-electron chi connectivity index (χ0n) is 10.7. The largest absolute Gasteiger partial charge is 0.330 e. The van der Waals surface area contributed by atoms with E-state index in [-0.39, 0.29) is 5.91 Å². The monoisotopic (exact) mass is 238 g/mol. The first-order chi connectivity index (χ1) is 8.13. The first-order valence-electron chi connectivity index (χ1n) is 6.14. The summed E-state index contributed by atoms with van der Waals surface area (Å²) in [5.74, 6) is 0.674. The van der Waals surface area contributed by atoms with E-state index in [4.69, 9.17) is 5.73 Å². The molecule has 0 fully saturated rings. The summed E-state index contributed by atoms with van der Waals surface area (Å²) in [6, 6.07) is 1.87. The second kappa shape index (κ2) is 7.06.